The minimum absolute atomic E-state index is 0.0192. The molecule has 0 aromatic heterocycles. The molecule has 0 amide bonds. The van der Waals surface area contributed by atoms with E-state index in [-0.39, 0.29) is 11.4 Å². The predicted octanol–water partition coefficient (Wildman–Crippen LogP) is 7.44. The summed E-state index contributed by atoms with van der Waals surface area (Å²) < 4.78 is 32.9. The Morgan fingerprint density at radius 1 is 0.679 bits per heavy atom. The molecule has 0 unspecified atom stereocenters. The molecule has 284 valence electrons. The van der Waals surface area contributed by atoms with Crippen molar-refractivity contribution in [2.24, 2.45) is 0 Å². The molecule has 2 aliphatic heterocycles. The van der Waals surface area contributed by atoms with Gasteiger partial charge in [0.05, 0.1) is 51.0 Å². The van der Waals surface area contributed by atoms with Gasteiger partial charge in [-0.3, -0.25) is 20.2 Å². The number of nitrogens with zero attached hydrogens (tertiary/aromatic N) is 4. The van der Waals surface area contributed by atoms with Crippen LogP contribution in [0.25, 0.3) is 0 Å². The summed E-state index contributed by atoms with van der Waals surface area (Å²) in [5, 5.41) is 25.2. The first kappa shape index (κ1) is 39.9. The summed E-state index contributed by atoms with van der Waals surface area (Å²) in [4.78, 5) is 25.1. The maximum atomic E-state index is 11.5. The van der Waals surface area contributed by atoms with Gasteiger partial charge in [0.25, 0.3) is 11.4 Å². The number of anilines is 5. The summed E-state index contributed by atoms with van der Waals surface area (Å²) in [6.45, 7) is 6.63. The highest BCUT2D eigenvalue weighted by Gasteiger charge is 2.24. The first-order valence-corrected chi connectivity index (χ1v) is 17.3. The van der Waals surface area contributed by atoms with E-state index in [0.717, 1.165) is 17.1 Å². The van der Waals surface area contributed by atoms with E-state index in [9.17, 15) is 20.2 Å². The van der Waals surface area contributed by atoms with E-state index in [1.54, 1.807) is 12.1 Å². The van der Waals surface area contributed by atoms with Crippen LogP contribution in [0.4, 0.5) is 39.8 Å². The molecule has 0 bridgehead atoms. The van der Waals surface area contributed by atoms with Gasteiger partial charge in [0, 0.05) is 63.8 Å². The van der Waals surface area contributed by atoms with E-state index in [2.05, 4.69) is 21.2 Å². The second kappa shape index (κ2) is 18.6. The molecule has 2 aliphatic rings. The van der Waals surface area contributed by atoms with Crippen LogP contribution >= 0.6 is 15.9 Å². The topological polar surface area (TPSA) is 186 Å². The molecule has 0 atom stereocenters. The molecule has 0 saturated carbocycles. The molecule has 6 rings (SSSR count). The smallest absolute Gasteiger partial charge is 0.296 e. The lowest BCUT2D eigenvalue weighted by Gasteiger charge is -2.20. The molecule has 4 aromatic carbocycles. The van der Waals surface area contributed by atoms with Gasteiger partial charge in [-0.2, -0.15) is 0 Å². The van der Waals surface area contributed by atoms with E-state index in [4.69, 9.17) is 34.2 Å². The number of nitrogens with one attached hydrogen (secondary N) is 1. The number of fused-ring (bicyclic) bond motifs is 2. The van der Waals surface area contributed by atoms with Gasteiger partial charge in [-0.1, -0.05) is 0 Å². The van der Waals surface area contributed by atoms with E-state index in [1.165, 1.54) is 12.1 Å². The van der Waals surface area contributed by atoms with E-state index < -0.39 is 9.85 Å². The molecule has 0 radical (unpaired) electrons. The van der Waals surface area contributed by atoms with Crippen LogP contribution in [-0.4, -0.2) is 77.7 Å². The molecular weight excluding hydrogens is 756 g/mol. The number of hydrogen-bond donors (Lipinski definition) is 2. The second-order valence-corrected chi connectivity index (χ2v) is 12.5. The number of halogens is 1. The lowest BCUT2D eigenvalue weighted by molar-refractivity contribution is -0.385. The summed E-state index contributed by atoms with van der Waals surface area (Å²) >= 11 is 3.10. The van der Waals surface area contributed by atoms with Crippen LogP contribution in [0.2, 0.25) is 0 Å². The molecule has 0 saturated heterocycles. The molecule has 2 heterocycles. The van der Waals surface area contributed by atoms with Crippen molar-refractivity contribution in [2.75, 3.05) is 88.7 Å². The quantitative estimate of drug-likeness (QED) is 0.0916. The van der Waals surface area contributed by atoms with Crippen molar-refractivity contribution in [3.05, 3.63) is 85.4 Å². The van der Waals surface area contributed by atoms with E-state index >= 15 is 0 Å². The number of nitro benzene ring substituents is 2. The van der Waals surface area contributed by atoms with Gasteiger partial charge in [-0.25, -0.2) is 0 Å². The molecule has 3 N–H and O–H groups in total. The monoisotopic (exact) mass is 798 g/mol. The Morgan fingerprint density at radius 3 is 1.64 bits per heavy atom. The van der Waals surface area contributed by atoms with Crippen molar-refractivity contribution in [1.82, 2.24) is 0 Å². The van der Waals surface area contributed by atoms with Gasteiger partial charge in [0.1, 0.15) is 43.6 Å². The third kappa shape index (κ3) is 10.6. The number of nitrogens with two attached hydrogens (primary N) is 1. The second-order valence-electron chi connectivity index (χ2n) is 11.7. The molecule has 0 fully saturated rings. The molecule has 4 aromatic rings. The first-order valence-electron chi connectivity index (χ1n) is 16.5. The summed E-state index contributed by atoms with van der Waals surface area (Å²) in [6, 6.07) is 17.3. The van der Waals surface area contributed by atoms with Gasteiger partial charge in [0.15, 0.2) is 23.0 Å². The minimum Gasteiger partial charge on any atom is -0.492 e. The molecule has 16 nitrogen and oxygen atoms in total. The molecule has 53 heavy (non-hydrogen) atoms. The zero-order valence-electron chi connectivity index (χ0n) is 30.3. The van der Waals surface area contributed by atoms with Crippen molar-refractivity contribution in [3.63, 3.8) is 0 Å². The van der Waals surface area contributed by atoms with Crippen molar-refractivity contribution >= 4 is 55.7 Å². The Bertz CT molecular complexity index is 1910. The van der Waals surface area contributed by atoms with E-state index in [0.29, 0.717) is 89.9 Å². The lowest BCUT2D eigenvalue weighted by atomic mass is 10.2. The predicted molar refractivity (Wildman–Crippen MR) is 207 cm³/mol. The summed E-state index contributed by atoms with van der Waals surface area (Å²) in [5.74, 6) is 3.19. The van der Waals surface area contributed by atoms with Gasteiger partial charge in [-0.05, 0) is 54.0 Å². The Morgan fingerprint density at radius 2 is 1.13 bits per heavy atom. The first-order chi connectivity index (χ1) is 25.3. The fourth-order valence-electron chi connectivity index (χ4n) is 4.92. The third-order valence-corrected chi connectivity index (χ3v) is 8.16. The highest BCUT2D eigenvalue weighted by molar-refractivity contribution is 9.10. The molecular formula is C36H43BrN6O10. The Hall–Kier alpha value is -5.84. The lowest BCUT2D eigenvalue weighted by Crippen LogP contribution is -2.16. The number of nitrogen functional groups attached to an aromatic ring is 1. The number of rotatable bonds is 10. The van der Waals surface area contributed by atoms with Crippen LogP contribution in [0.15, 0.2) is 65.1 Å². The number of ether oxygens (including phenoxy) is 6. The van der Waals surface area contributed by atoms with Crippen molar-refractivity contribution in [1.29, 1.82) is 0 Å². The number of benzene rings is 4. The standard InChI is InChI=1S/C18H21N3O5.C10H16N2O.C8H6BrNO4/c1-4-24-16-9-12(20(2)3)5-6-13(16)19-14-10-17-18(26-8-7-25-17)11-15(14)21(22)23;1-4-13-10-7-8(12(2)3)5-6-9(10)11;9-5-3-7-8(14-2-1-13-7)4-6(5)10(11)12/h5-6,9-11,19H,4,7-8H2,1-3H3;5-7H,4,11H2,1-3H3;3-4H,1-2H2. The molecule has 0 spiro atoms. The Labute approximate surface area is 315 Å². The highest BCUT2D eigenvalue weighted by Crippen LogP contribution is 2.42. The highest BCUT2D eigenvalue weighted by atomic mass is 79.9. The Kier molecular flexibility index (Phi) is 14.0. The van der Waals surface area contributed by atoms with Gasteiger partial charge in [0.2, 0.25) is 0 Å². The normalized spacial score (nSPS) is 12.1. The van der Waals surface area contributed by atoms with Crippen molar-refractivity contribution in [3.8, 4) is 34.5 Å². The fraction of sp³-hybridized carbons (Fsp3) is 0.333. The number of nitro groups is 2. The van der Waals surface area contributed by atoms with Crippen LogP contribution in [0.3, 0.4) is 0 Å². The summed E-state index contributed by atoms with van der Waals surface area (Å²) in [6.07, 6.45) is 0. The molecule has 0 aliphatic carbocycles. The maximum Gasteiger partial charge on any atom is 0.296 e. The average Bonchev–Trinajstić information content (AvgIpc) is 3.13. The Balaban J connectivity index is 0.000000196. The van der Waals surface area contributed by atoms with Crippen LogP contribution in [0.5, 0.6) is 34.5 Å². The van der Waals surface area contributed by atoms with Crippen molar-refractivity contribution < 1.29 is 38.3 Å². The van der Waals surface area contributed by atoms with Crippen molar-refractivity contribution in [2.45, 2.75) is 13.8 Å². The van der Waals surface area contributed by atoms with Crippen LogP contribution in [-0.2, 0) is 0 Å². The van der Waals surface area contributed by atoms with Crippen LogP contribution in [0, 0.1) is 20.2 Å². The largest absolute Gasteiger partial charge is 0.492 e. The van der Waals surface area contributed by atoms with Gasteiger partial charge in [-0.15, -0.1) is 0 Å². The van der Waals surface area contributed by atoms with E-state index in [1.807, 2.05) is 88.2 Å². The minimum atomic E-state index is -0.470. The van der Waals surface area contributed by atoms with Crippen LogP contribution in [0.1, 0.15) is 13.8 Å². The van der Waals surface area contributed by atoms with Crippen LogP contribution < -0.4 is 49.3 Å². The third-order valence-electron chi connectivity index (χ3n) is 7.53. The zero-order chi connectivity index (χ0) is 38.7. The maximum absolute atomic E-state index is 11.5. The zero-order valence-corrected chi connectivity index (χ0v) is 31.9. The average molecular weight is 800 g/mol. The summed E-state index contributed by atoms with van der Waals surface area (Å²) in [7, 11) is 7.84. The summed E-state index contributed by atoms with van der Waals surface area (Å²) in [5.41, 5.74) is 9.33. The van der Waals surface area contributed by atoms with Gasteiger partial charge < -0.3 is 49.3 Å². The fourth-order valence-corrected chi connectivity index (χ4v) is 5.38. The number of hydrogen-bond acceptors (Lipinski definition) is 14. The van der Waals surface area contributed by atoms with Gasteiger partial charge >= 0.3 is 0 Å². The SMILES string of the molecule is CCOc1cc(N(C)C)ccc1N.CCOc1cc(N(C)C)ccc1Nc1cc2c(cc1[N+](=O)[O-])OCCO2.O=[N+]([O-])c1cc2c(cc1Br)OCCO2. The molecule has 17 heteroatoms.